The second-order valence-corrected chi connectivity index (χ2v) is 11.7. The fourth-order valence-electron chi connectivity index (χ4n) is 9.61. The summed E-state index contributed by atoms with van der Waals surface area (Å²) in [7, 11) is 0. The molecular formula is C25H30O3. The standard InChI is InChI=1S/C25H30O3/c1-22-6-3-14(26)11-19(22)24(9-10-24)13-16-17(22)4-7-23(2)21(16)15-12-18(15)25(23)8-5-20(27)28-25/h3,6,11,15-18,21H,4-5,7-10,12-13H2,1-2H3/t15-,16?,17?,18+,21?,22-,23+,25+/m1/s1. The molecule has 0 bridgehead atoms. The molecule has 0 aromatic heterocycles. The van der Waals surface area contributed by atoms with Crippen molar-refractivity contribution in [2.45, 2.75) is 70.8 Å². The maximum absolute atomic E-state index is 12.2. The van der Waals surface area contributed by atoms with Gasteiger partial charge in [0.05, 0.1) is 0 Å². The number of allylic oxidation sites excluding steroid dienone is 4. The summed E-state index contributed by atoms with van der Waals surface area (Å²) in [5.41, 5.74) is 1.82. The zero-order valence-electron chi connectivity index (χ0n) is 17.0. The van der Waals surface area contributed by atoms with E-state index in [0.717, 1.165) is 18.3 Å². The van der Waals surface area contributed by atoms with Crippen LogP contribution in [0.25, 0.3) is 0 Å². The molecule has 28 heavy (non-hydrogen) atoms. The highest BCUT2D eigenvalue weighted by Gasteiger charge is 2.80. The second kappa shape index (κ2) is 4.52. The number of carbonyl (C=O) groups is 2. The lowest BCUT2D eigenvalue weighted by Crippen LogP contribution is -2.57. The van der Waals surface area contributed by atoms with E-state index >= 15 is 0 Å². The van der Waals surface area contributed by atoms with Crippen LogP contribution in [0.2, 0.25) is 0 Å². The Labute approximate surface area is 167 Å². The van der Waals surface area contributed by atoms with Crippen molar-refractivity contribution >= 4 is 11.8 Å². The fourth-order valence-corrected chi connectivity index (χ4v) is 9.61. The van der Waals surface area contributed by atoms with E-state index in [1.54, 1.807) is 0 Å². The van der Waals surface area contributed by atoms with Crippen LogP contribution in [0, 0.1) is 45.8 Å². The summed E-state index contributed by atoms with van der Waals surface area (Å²) in [5.74, 6) is 3.68. The van der Waals surface area contributed by atoms with Crippen molar-refractivity contribution in [1.82, 2.24) is 0 Å². The predicted octanol–water partition coefficient (Wildman–Crippen LogP) is 4.62. The Balaban J connectivity index is 1.34. The first-order chi connectivity index (χ1) is 13.3. The van der Waals surface area contributed by atoms with E-state index in [9.17, 15) is 9.59 Å². The molecule has 0 N–H and O–H groups in total. The average Bonchev–Trinajstić information content (AvgIpc) is 3.55. The van der Waals surface area contributed by atoms with Crippen molar-refractivity contribution in [2.75, 3.05) is 0 Å². The number of ketones is 1. The molecule has 7 rings (SSSR count). The summed E-state index contributed by atoms with van der Waals surface area (Å²) >= 11 is 0. The number of rotatable bonds is 0. The van der Waals surface area contributed by atoms with Crippen molar-refractivity contribution in [3.63, 3.8) is 0 Å². The van der Waals surface area contributed by atoms with Gasteiger partial charge in [-0.1, -0.05) is 25.5 Å². The molecule has 1 aliphatic heterocycles. The van der Waals surface area contributed by atoms with Crippen LogP contribution in [0.15, 0.2) is 23.8 Å². The summed E-state index contributed by atoms with van der Waals surface area (Å²) in [4.78, 5) is 24.4. The number of hydrogen-bond donors (Lipinski definition) is 0. The van der Waals surface area contributed by atoms with Gasteiger partial charge in [-0.3, -0.25) is 9.59 Å². The lowest BCUT2D eigenvalue weighted by atomic mass is 9.44. The molecule has 0 aromatic carbocycles. The average molecular weight is 379 g/mol. The van der Waals surface area contributed by atoms with Crippen LogP contribution in [0.5, 0.6) is 0 Å². The largest absolute Gasteiger partial charge is 0.458 e. The number of esters is 1. The Bertz CT molecular complexity index is 893. The normalized spacial score (nSPS) is 56.6. The van der Waals surface area contributed by atoms with Crippen LogP contribution in [0.4, 0.5) is 0 Å². The third kappa shape index (κ3) is 1.60. The molecule has 1 heterocycles. The Kier molecular flexibility index (Phi) is 2.65. The SMILES string of the molecule is C[C@]12C=CC(=O)C=C1C1(CC1)CC1C2CC[C@@]2(C)C1[C@@H]1C[C@@H]1[C@@]21CCC(=O)O1. The van der Waals surface area contributed by atoms with E-state index < -0.39 is 0 Å². The van der Waals surface area contributed by atoms with Gasteiger partial charge in [0, 0.05) is 23.2 Å². The summed E-state index contributed by atoms with van der Waals surface area (Å²) in [6.07, 6.45) is 15.2. The van der Waals surface area contributed by atoms with Crippen molar-refractivity contribution in [3.05, 3.63) is 23.8 Å². The second-order valence-electron chi connectivity index (χ2n) is 11.7. The van der Waals surface area contributed by atoms with E-state index in [0.29, 0.717) is 29.6 Å². The van der Waals surface area contributed by atoms with E-state index in [1.165, 1.54) is 44.1 Å². The molecule has 0 amide bonds. The van der Waals surface area contributed by atoms with E-state index in [-0.39, 0.29) is 28.2 Å². The summed E-state index contributed by atoms with van der Waals surface area (Å²) in [6, 6.07) is 0. The van der Waals surface area contributed by atoms with E-state index in [2.05, 4.69) is 19.9 Å². The molecule has 5 saturated carbocycles. The van der Waals surface area contributed by atoms with Crippen LogP contribution in [-0.2, 0) is 14.3 Å². The molecule has 6 aliphatic carbocycles. The summed E-state index contributed by atoms with van der Waals surface area (Å²) in [6.45, 7) is 4.90. The minimum atomic E-state index is -0.156. The van der Waals surface area contributed by atoms with Gasteiger partial charge in [0.1, 0.15) is 5.60 Å². The molecule has 3 nitrogen and oxygen atoms in total. The molecular weight excluding hydrogens is 348 g/mol. The highest BCUT2D eigenvalue weighted by molar-refractivity contribution is 6.01. The minimum absolute atomic E-state index is 0.0443. The minimum Gasteiger partial charge on any atom is -0.458 e. The smallest absolute Gasteiger partial charge is 0.306 e. The molecule has 0 radical (unpaired) electrons. The Morgan fingerprint density at radius 1 is 1.04 bits per heavy atom. The summed E-state index contributed by atoms with van der Waals surface area (Å²) in [5, 5.41) is 0. The van der Waals surface area contributed by atoms with Gasteiger partial charge in [-0.25, -0.2) is 0 Å². The Hall–Kier alpha value is -1.38. The first-order valence-electron chi connectivity index (χ1n) is 11.5. The van der Waals surface area contributed by atoms with Gasteiger partial charge in [0.15, 0.2) is 5.78 Å². The molecule has 7 aliphatic rings. The third-order valence-electron chi connectivity index (χ3n) is 10.8. The van der Waals surface area contributed by atoms with E-state index in [4.69, 9.17) is 4.74 Å². The molecule has 3 heteroatoms. The third-order valence-corrected chi connectivity index (χ3v) is 10.8. The molecule has 0 aromatic rings. The highest BCUT2D eigenvalue weighted by atomic mass is 16.6. The first kappa shape index (κ1) is 16.4. The Morgan fingerprint density at radius 2 is 1.86 bits per heavy atom. The van der Waals surface area contributed by atoms with Crippen LogP contribution < -0.4 is 0 Å². The van der Waals surface area contributed by atoms with Gasteiger partial charge in [-0.05, 0) is 86.2 Å². The van der Waals surface area contributed by atoms with Gasteiger partial charge >= 0.3 is 5.97 Å². The van der Waals surface area contributed by atoms with Crippen molar-refractivity contribution in [1.29, 1.82) is 0 Å². The predicted molar refractivity (Wildman–Crippen MR) is 104 cm³/mol. The van der Waals surface area contributed by atoms with Crippen LogP contribution >= 0.6 is 0 Å². The number of ether oxygens (including phenoxy) is 1. The zero-order chi connectivity index (χ0) is 19.1. The van der Waals surface area contributed by atoms with Gasteiger partial charge in [0.25, 0.3) is 0 Å². The Morgan fingerprint density at radius 3 is 2.57 bits per heavy atom. The van der Waals surface area contributed by atoms with Crippen molar-refractivity contribution < 1.29 is 14.3 Å². The number of carbonyl (C=O) groups excluding carboxylic acids is 2. The van der Waals surface area contributed by atoms with Crippen LogP contribution in [-0.4, -0.2) is 17.4 Å². The number of fused-ring (bicyclic) bond motifs is 10. The van der Waals surface area contributed by atoms with Gasteiger partial charge in [0.2, 0.25) is 0 Å². The maximum Gasteiger partial charge on any atom is 0.306 e. The van der Waals surface area contributed by atoms with Gasteiger partial charge in [-0.2, -0.15) is 0 Å². The molecule has 148 valence electrons. The monoisotopic (exact) mass is 378 g/mol. The van der Waals surface area contributed by atoms with Gasteiger partial charge in [-0.15, -0.1) is 0 Å². The topological polar surface area (TPSA) is 43.4 Å². The first-order valence-corrected chi connectivity index (χ1v) is 11.5. The van der Waals surface area contributed by atoms with Crippen LogP contribution in [0.3, 0.4) is 0 Å². The van der Waals surface area contributed by atoms with Crippen LogP contribution in [0.1, 0.15) is 65.2 Å². The molecule has 3 unspecified atom stereocenters. The maximum atomic E-state index is 12.2. The van der Waals surface area contributed by atoms with Crippen molar-refractivity contribution in [3.8, 4) is 0 Å². The lowest BCUT2D eigenvalue weighted by molar-refractivity contribution is -0.176. The molecule has 6 fully saturated rings. The fraction of sp³-hybridized carbons (Fsp3) is 0.760. The number of hydrogen-bond acceptors (Lipinski definition) is 3. The summed E-state index contributed by atoms with van der Waals surface area (Å²) < 4.78 is 6.22. The van der Waals surface area contributed by atoms with Crippen molar-refractivity contribution in [2.24, 2.45) is 45.8 Å². The zero-order valence-corrected chi connectivity index (χ0v) is 17.0. The van der Waals surface area contributed by atoms with E-state index in [1.807, 2.05) is 12.2 Å². The van der Waals surface area contributed by atoms with Gasteiger partial charge < -0.3 is 4.74 Å². The highest BCUT2D eigenvalue weighted by Crippen LogP contribution is 2.81. The molecule has 1 saturated heterocycles. The molecule has 8 atom stereocenters. The molecule has 2 spiro atoms. The quantitative estimate of drug-likeness (QED) is 0.578. The lowest BCUT2D eigenvalue weighted by Gasteiger charge is -2.61.